The standard InChI is InChI=1S/C16H11F3N4O4/c17-16(18,19)10-3-8(2-1-7(10)5-20)23-13(24)12-11-4-9(22(12)14(23)25)6-21(11)15(26)27/h1-3,9,11,24H,4,6H2,(H,26,27)/t9-,11-/m1/s1. The number of alkyl halides is 3. The number of nitrogens with zero attached hydrogens (tertiary/aromatic N) is 4. The van der Waals surface area contributed by atoms with E-state index in [1.165, 1.54) is 10.6 Å². The first-order valence-corrected chi connectivity index (χ1v) is 7.82. The molecule has 1 aromatic heterocycles. The van der Waals surface area contributed by atoms with Crippen molar-refractivity contribution in [1.82, 2.24) is 14.0 Å². The number of nitriles is 1. The molecule has 11 heteroatoms. The number of fused-ring (bicyclic) bond motifs is 5. The second kappa shape index (κ2) is 5.29. The Balaban J connectivity index is 1.90. The lowest BCUT2D eigenvalue weighted by molar-refractivity contribution is -0.137. The lowest BCUT2D eigenvalue weighted by Crippen LogP contribution is -2.37. The third kappa shape index (κ3) is 2.22. The van der Waals surface area contributed by atoms with Crippen molar-refractivity contribution < 1.29 is 28.2 Å². The molecule has 1 saturated heterocycles. The molecule has 8 nitrogen and oxygen atoms in total. The van der Waals surface area contributed by atoms with Crippen LogP contribution in [0.1, 0.15) is 35.3 Å². The van der Waals surface area contributed by atoms with Gasteiger partial charge in [-0.25, -0.2) is 14.2 Å². The summed E-state index contributed by atoms with van der Waals surface area (Å²) in [5.41, 5.74) is -2.78. The third-order valence-corrected chi connectivity index (χ3v) is 4.99. The lowest BCUT2D eigenvalue weighted by atomic mass is 10.1. The van der Waals surface area contributed by atoms with Crippen LogP contribution in [0.3, 0.4) is 0 Å². The van der Waals surface area contributed by atoms with Gasteiger partial charge in [-0.15, -0.1) is 0 Å². The molecule has 0 spiro atoms. The van der Waals surface area contributed by atoms with E-state index >= 15 is 0 Å². The maximum atomic E-state index is 13.2. The first-order chi connectivity index (χ1) is 12.6. The predicted molar refractivity (Wildman–Crippen MR) is 82.5 cm³/mol. The van der Waals surface area contributed by atoms with Crippen molar-refractivity contribution in [3.63, 3.8) is 0 Å². The number of benzene rings is 1. The van der Waals surface area contributed by atoms with Crippen molar-refractivity contribution in [2.24, 2.45) is 0 Å². The zero-order valence-corrected chi connectivity index (χ0v) is 13.4. The minimum atomic E-state index is -4.82. The summed E-state index contributed by atoms with van der Waals surface area (Å²) in [6, 6.07) is 2.89. The van der Waals surface area contributed by atoms with E-state index < -0.39 is 47.0 Å². The molecular weight excluding hydrogens is 369 g/mol. The number of hydrogen-bond donors (Lipinski definition) is 2. The van der Waals surface area contributed by atoms with E-state index in [1.807, 2.05) is 0 Å². The third-order valence-electron chi connectivity index (χ3n) is 4.99. The summed E-state index contributed by atoms with van der Waals surface area (Å²) < 4.78 is 41.5. The summed E-state index contributed by atoms with van der Waals surface area (Å²) >= 11 is 0. The van der Waals surface area contributed by atoms with Gasteiger partial charge in [-0.05, 0) is 24.6 Å². The molecule has 2 atom stereocenters. The Labute approximate surface area is 148 Å². The Morgan fingerprint density at radius 1 is 1.33 bits per heavy atom. The van der Waals surface area contributed by atoms with Gasteiger partial charge < -0.3 is 10.2 Å². The van der Waals surface area contributed by atoms with E-state index in [0.717, 1.165) is 17.0 Å². The Hall–Kier alpha value is -3.42. The molecule has 27 heavy (non-hydrogen) atoms. The van der Waals surface area contributed by atoms with Crippen molar-refractivity contribution in [2.75, 3.05) is 6.54 Å². The number of rotatable bonds is 1. The van der Waals surface area contributed by atoms with Crippen LogP contribution in [0.25, 0.3) is 5.69 Å². The van der Waals surface area contributed by atoms with E-state index in [0.29, 0.717) is 17.1 Å². The monoisotopic (exact) mass is 380 g/mol. The molecule has 2 bridgehead atoms. The van der Waals surface area contributed by atoms with Crippen molar-refractivity contribution >= 4 is 6.09 Å². The van der Waals surface area contributed by atoms with Crippen molar-refractivity contribution in [3.8, 4) is 17.6 Å². The van der Waals surface area contributed by atoms with E-state index in [4.69, 9.17) is 5.26 Å². The van der Waals surface area contributed by atoms with E-state index in [-0.39, 0.29) is 17.9 Å². The minimum absolute atomic E-state index is 0.0663. The minimum Gasteiger partial charge on any atom is -0.493 e. The molecule has 0 unspecified atom stereocenters. The molecule has 0 saturated carbocycles. The number of hydrogen-bond acceptors (Lipinski definition) is 4. The molecule has 1 aromatic carbocycles. The maximum Gasteiger partial charge on any atom is 0.417 e. The number of aromatic nitrogens is 2. The Morgan fingerprint density at radius 2 is 2.04 bits per heavy atom. The fourth-order valence-electron chi connectivity index (χ4n) is 3.89. The molecule has 4 rings (SSSR count). The second-order valence-corrected chi connectivity index (χ2v) is 6.38. The average molecular weight is 380 g/mol. The number of halogens is 3. The van der Waals surface area contributed by atoms with Gasteiger partial charge >= 0.3 is 18.0 Å². The van der Waals surface area contributed by atoms with Gasteiger partial charge in [0.2, 0.25) is 5.88 Å². The van der Waals surface area contributed by atoms with Gasteiger partial charge in [0, 0.05) is 6.54 Å². The summed E-state index contributed by atoms with van der Waals surface area (Å²) in [5.74, 6) is -0.601. The normalized spacial score (nSPS) is 20.6. The van der Waals surface area contributed by atoms with Crippen LogP contribution in [0.4, 0.5) is 18.0 Å². The number of imidazole rings is 1. The number of carbonyl (C=O) groups is 1. The van der Waals surface area contributed by atoms with Crippen LogP contribution in [-0.2, 0) is 6.18 Å². The van der Waals surface area contributed by atoms with Crippen LogP contribution in [0.2, 0.25) is 0 Å². The summed E-state index contributed by atoms with van der Waals surface area (Å²) in [6.45, 7) is 0.0670. The van der Waals surface area contributed by atoms with Crippen LogP contribution < -0.4 is 5.69 Å². The van der Waals surface area contributed by atoms with E-state index in [1.54, 1.807) is 0 Å². The molecule has 140 valence electrons. The van der Waals surface area contributed by atoms with Gasteiger partial charge in [-0.1, -0.05) is 0 Å². The molecule has 0 radical (unpaired) electrons. The molecule has 1 amide bonds. The number of carboxylic acid groups (broad SMARTS) is 1. The number of likely N-dealkylation sites (tertiary alicyclic amines) is 1. The van der Waals surface area contributed by atoms with Gasteiger partial charge in [-0.3, -0.25) is 9.47 Å². The van der Waals surface area contributed by atoms with Crippen LogP contribution in [0.15, 0.2) is 23.0 Å². The summed E-state index contributed by atoms with van der Waals surface area (Å²) in [4.78, 5) is 25.1. The molecule has 2 aliphatic rings. The second-order valence-electron chi connectivity index (χ2n) is 6.38. The highest BCUT2D eigenvalue weighted by Crippen LogP contribution is 2.48. The van der Waals surface area contributed by atoms with Crippen molar-refractivity contribution in [3.05, 3.63) is 45.5 Å². The largest absolute Gasteiger partial charge is 0.493 e. The molecule has 1 fully saturated rings. The molecular formula is C16H11F3N4O4. The quantitative estimate of drug-likeness (QED) is 0.788. The van der Waals surface area contributed by atoms with Gasteiger partial charge in [-0.2, -0.15) is 18.4 Å². The summed E-state index contributed by atoms with van der Waals surface area (Å²) in [5, 5.41) is 28.6. The van der Waals surface area contributed by atoms with E-state index in [9.17, 15) is 33.0 Å². The average Bonchev–Trinajstić information content (AvgIpc) is 3.25. The molecule has 2 aromatic rings. The zero-order valence-electron chi connectivity index (χ0n) is 13.4. The first-order valence-electron chi connectivity index (χ1n) is 7.82. The van der Waals surface area contributed by atoms with Crippen molar-refractivity contribution in [2.45, 2.75) is 24.7 Å². The Kier molecular flexibility index (Phi) is 3.33. The maximum absolute atomic E-state index is 13.2. The Morgan fingerprint density at radius 3 is 2.63 bits per heavy atom. The topological polar surface area (TPSA) is 111 Å². The number of aromatic hydroxyl groups is 1. The van der Waals surface area contributed by atoms with Gasteiger partial charge in [0.25, 0.3) is 0 Å². The Bertz CT molecular complexity index is 1080. The molecule has 0 aliphatic carbocycles. The molecule has 3 heterocycles. The fraction of sp³-hybridized carbons (Fsp3) is 0.312. The highest BCUT2D eigenvalue weighted by molar-refractivity contribution is 5.67. The van der Waals surface area contributed by atoms with Gasteiger partial charge in [0.1, 0.15) is 5.69 Å². The summed E-state index contributed by atoms with van der Waals surface area (Å²) in [7, 11) is 0. The highest BCUT2D eigenvalue weighted by Gasteiger charge is 2.49. The predicted octanol–water partition coefficient (Wildman–Crippen LogP) is 2.21. The SMILES string of the molecule is N#Cc1ccc(-n2c(O)c3n(c2=O)[C@@H]2C[C@H]3N(C(=O)O)C2)cc1C(F)(F)F. The van der Waals surface area contributed by atoms with Crippen LogP contribution in [0, 0.1) is 11.3 Å². The van der Waals surface area contributed by atoms with Crippen LogP contribution in [0.5, 0.6) is 5.88 Å². The number of amides is 1. The smallest absolute Gasteiger partial charge is 0.417 e. The van der Waals surface area contributed by atoms with E-state index in [2.05, 4.69) is 0 Å². The highest BCUT2D eigenvalue weighted by atomic mass is 19.4. The van der Waals surface area contributed by atoms with Crippen LogP contribution in [-0.4, -0.2) is 36.9 Å². The van der Waals surface area contributed by atoms with Crippen LogP contribution >= 0.6 is 0 Å². The molecule has 2 aliphatic heterocycles. The molecule has 2 N–H and O–H groups in total. The fourth-order valence-corrected chi connectivity index (χ4v) is 3.89. The first kappa shape index (κ1) is 17.0. The van der Waals surface area contributed by atoms with Crippen molar-refractivity contribution in [1.29, 1.82) is 5.26 Å². The summed E-state index contributed by atoms with van der Waals surface area (Å²) in [6.07, 6.45) is -5.69. The lowest BCUT2D eigenvalue weighted by Gasteiger charge is -2.24. The zero-order chi connectivity index (χ0) is 19.7. The van der Waals surface area contributed by atoms with Gasteiger partial charge in [0.05, 0.1) is 35.0 Å². The van der Waals surface area contributed by atoms with Gasteiger partial charge in [0.15, 0.2) is 0 Å².